The molecule has 0 saturated heterocycles. The molecule has 0 spiro atoms. The Labute approximate surface area is 103 Å². The van der Waals surface area contributed by atoms with Crippen molar-refractivity contribution in [1.82, 2.24) is 0 Å². The van der Waals surface area contributed by atoms with Gasteiger partial charge < -0.3 is 10.1 Å². The lowest BCUT2D eigenvalue weighted by molar-refractivity contribution is -0.384. The average Bonchev–Trinajstić information content (AvgIpc) is 2.37. The number of carbonyl (C=O) groups is 1. The molecule has 0 atom stereocenters. The lowest BCUT2D eigenvalue weighted by Crippen LogP contribution is -2.19. The first-order chi connectivity index (χ1) is 8.61. The van der Waals surface area contributed by atoms with Gasteiger partial charge in [0.15, 0.2) is 0 Å². The molecule has 0 saturated carbocycles. The Morgan fingerprint density at radius 3 is 3.00 bits per heavy atom. The topological polar surface area (TPSA) is 81.5 Å². The fourth-order valence-electron chi connectivity index (χ4n) is 1.73. The number of nitro groups is 1. The van der Waals surface area contributed by atoms with Gasteiger partial charge >= 0.3 is 5.97 Å². The molecule has 0 bridgehead atoms. The third-order valence-corrected chi connectivity index (χ3v) is 2.58. The van der Waals surface area contributed by atoms with E-state index in [0.717, 1.165) is 5.69 Å². The summed E-state index contributed by atoms with van der Waals surface area (Å²) in [6.45, 7) is 2.40. The van der Waals surface area contributed by atoms with Gasteiger partial charge in [0, 0.05) is 29.9 Å². The van der Waals surface area contributed by atoms with E-state index in [0.29, 0.717) is 24.3 Å². The lowest BCUT2D eigenvalue weighted by atomic mass is 10.0. The monoisotopic (exact) mass is 248 g/mol. The average molecular weight is 248 g/mol. The zero-order valence-electron chi connectivity index (χ0n) is 9.80. The number of hydrogen-bond donors (Lipinski definition) is 1. The SMILES string of the molecule is CCOC(=O)C1=Cc2cc([N+](=O)[O-])ccc2NC1. The van der Waals surface area contributed by atoms with E-state index in [9.17, 15) is 14.9 Å². The van der Waals surface area contributed by atoms with Crippen molar-refractivity contribution in [2.75, 3.05) is 18.5 Å². The fourth-order valence-corrected chi connectivity index (χ4v) is 1.73. The molecular weight excluding hydrogens is 236 g/mol. The van der Waals surface area contributed by atoms with Crippen molar-refractivity contribution in [2.45, 2.75) is 6.92 Å². The summed E-state index contributed by atoms with van der Waals surface area (Å²) >= 11 is 0. The van der Waals surface area contributed by atoms with E-state index in [1.165, 1.54) is 12.1 Å². The van der Waals surface area contributed by atoms with E-state index in [1.807, 2.05) is 0 Å². The molecule has 6 heteroatoms. The highest BCUT2D eigenvalue weighted by Gasteiger charge is 2.18. The van der Waals surface area contributed by atoms with Gasteiger partial charge in [-0.3, -0.25) is 10.1 Å². The minimum atomic E-state index is -0.466. The predicted octanol–water partition coefficient (Wildman–Crippen LogP) is 1.97. The number of rotatable bonds is 3. The molecule has 1 aliphatic rings. The Kier molecular flexibility index (Phi) is 3.27. The number of non-ortho nitro benzene ring substituents is 1. The quantitative estimate of drug-likeness (QED) is 0.502. The Balaban J connectivity index is 2.34. The van der Waals surface area contributed by atoms with Crippen LogP contribution in [0.15, 0.2) is 23.8 Å². The molecule has 6 nitrogen and oxygen atoms in total. The summed E-state index contributed by atoms with van der Waals surface area (Å²) in [6.07, 6.45) is 1.62. The number of carbonyl (C=O) groups excluding carboxylic acids is 1. The molecule has 1 aromatic carbocycles. The number of anilines is 1. The molecule has 0 aromatic heterocycles. The fraction of sp³-hybridized carbons (Fsp3) is 0.250. The van der Waals surface area contributed by atoms with Crippen LogP contribution < -0.4 is 5.32 Å². The maximum absolute atomic E-state index is 11.6. The van der Waals surface area contributed by atoms with Crippen molar-refractivity contribution in [3.63, 3.8) is 0 Å². The smallest absolute Gasteiger partial charge is 0.335 e. The molecule has 0 fully saturated rings. The number of hydrogen-bond acceptors (Lipinski definition) is 5. The van der Waals surface area contributed by atoms with Crippen LogP contribution in [0.1, 0.15) is 12.5 Å². The maximum Gasteiger partial charge on any atom is 0.335 e. The second kappa shape index (κ2) is 4.87. The number of ether oxygens (including phenoxy) is 1. The molecule has 1 aliphatic heterocycles. The first-order valence-electron chi connectivity index (χ1n) is 5.52. The zero-order chi connectivity index (χ0) is 13.1. The normalized spacial score (nSPS) is 13.1. The van der Waals surface area contributed by atoms with Gasteiger partial charge in [0.2, 0.25) is 0 Å². The molecule has 0 radical (unpaired) electrons. The van der Waals surface area contributed by atoms with Crippen LogP contribution in [-0.2, 0) is 9.53 Å². The first kappa shape index (κ1) is 12.1. The molecule has 1 aromatic rings. The van der Waals surface area contributed by atoms with Crippen LogP contribution in [0.5, 0.6) is 0 Å². The molecule has 0 amide bonds. The number of nitrogens with one attached hydrogen (secondary N) is 1. The van der Waals surface area contributed by atoms with Gasteiger partial charge in [0.05, 0.1) is 17.1 Å². The van der Waals surface area contributed by atoms with Crippen molar-refractivity contribution in [2.24, 2.45) is 0 Å². The lowest BCUT2D eigenvalue weighted by Gasteiger charge is -2.17. The molecule has 0 aliphatic carbocycles. The van der Waals surface area contributed by atoms with E-state index in [1.54, 1.807) is 19.1 Å². The largest absolute Gasteiger partial charge is 0.463 e. The van der Waals surface area contributed by atoms with Gasteiger partial charge in [0.25, 0.3) is 5.69 Å². The highest BCUT2D eigenvalue weighted by Crippen LogP contribution is 2.27. The third-order valence-electron chi connectivity index (χ3n) is 2.58. The number of nitro benzene ring substituents is 1. The van der Waals surface area contributed by atoms with E-state index >= 15 is 0 Å². The van der Waals surface area contributed by atoms with Gasteiger partial charge in [-0.2, -0.15) is 0 Å². The van der Waals surface area contributed by atoms with E-state index < -0.39 is 10.9 Å². The van der Waals surface area contributed by atoms with Gasteiger partial charge in [-0.05, 0) is 19.1 Å². The summed E-state index contributed by atoms with van der Waals surface area (Å²) in [7, 11) is 0. The zero-order valence-corrected chi connectivity index (χ0v) is 9.80. The summed E-state index contributed by atoms with van der Waals surface area (Å²) in [5.74, 6) is -0.401. The summed E-state index contributed by atoms with van der Waals surface area (Å²) < 4.78 is 4.89. The second-order valence-corrected chi connectivity index (χ2v) is 3.77. The highest BCUT2D eigenvalue weighted by atomic mass is 16.6. The standard InChI is InChI=1S/C12H12N2O4/c1-2-18-12(15)9-5-8-6-10(14(16)17)3-4-11(8)13-7-9/h3-6,13H,2,7H2,1H3. The van der Waals surface area contributed by atoms with E-state index in [2.05, 4.69) is 5.32 Å². The Hall–Kier alpha value is -2.37. The predicted molar refractivity (Wildman–Crippen MR) is 66.2 cm³/mol. The Bertz CT molecular complexity index is 537. The van der Waals surface area contributed by atoms with Crippen LogP contribution in [0.2, 0.25) is 0 Å². The number of benzene rings is 1. The summed E-state index contributed by atoms with van der Waals surface area (Å²) in [6, 6.07) is 4.49. The van der Waals surface area contributed by atoms with Gasteiger partial charge in [-0.15, -0.1) is 0 Å². The van der Waals surface area contributed by atoms with Crippen LogP contribution in [0, 0.1) is 10.1 Å². The molecular formula is C12H12N2O4. The maximum atomic E-state index is 11.6. The van der Waals surface area contributed by atoms with Gasteiger partial charge in [-0.25, -0.2) is 4.79 Å². The highest BCUT2D eigenvalue weighted by molar-refractivity contribution is 5.97. The van der Waals surface area contributed by atoms with Gasteiger partial charge in [-0.1, -0.05) is 0 Å². The summed E-state index contributed by atoms with van der Waals surface area (Å²) in [5, 5.41) is 13.7. The molecule has 18 heavy (non-hydrogen) atoms. The van der Waals surface area contributed by atoms with Crippen molar-refractivity contribution < 1.29 is 14.5 Å². The van der Waals surface area contributed by atoms with Crippen LogP contribution in [0.25, 0.3) is 6.08 Å². The van der Waals surface area contributed by atoms with Crippen molar-refractivity contribution >= 4 is 23.4 Å². The van der Waals surface area contributed by atoms with E-state index in [4.69, 9.17) is 4.74 Å². The number of esters is 1. The van der Waals surface area contributed by atoms with Crippen molar-refractivity contribution in [1.29, 1.82) is 0 Å². The second-order valence-electron chi connectivity index (χ2n) is 3.77. The Morgan fingerprint density at radius 1 is 1.56 bits per heavy atom. The molecule has 0 unspecified atom stereocenters. The van der Waals surface area contributed by atoms with Gasteiger partial charge in [0.1, 0.15) is 0 Å². The minimum absolute atomic E-state index is 0.00286. The molecule has 94 valence electrons. The summed E-state index contributed by atoms with van der Waals surface area (Å²) in [4.78, 5) is 21.8. The van der Waals surface area contributed by atoms with Crippen LogP contribution >= 0.6 is 0 Å². The van der Waals surface area contributed by atoms with Crippen LogP contribution in [0.4, 0.5) is 11.4 Å². The van der Waals surface area contributed by atoms with Crippen molar-refractivity contribution in [3.8, 4) is 0 Å². The number of fused-ring (bicyclic) bond motifs is 1. The van der Waals surface area contributed by atoms with E-state index in [-0.39, 0.29) is 5.69 Å². The van der Waals surface area contributed by atoms with Crippen LogP contribution in [0.3, 0.4) is 0 Å². The molecule has 2 rings (SSSR count). The Morgan fingerprint density at radius 2 is 2.33 bits per heavy atom. The molecule has 1 N–H and O–H groups in total. The minimum Gasteiger partial charge on any atom is -0.463 e. The number of nitrogens with zero attached hydrogens (tertiary/aromatic N) is 1. The van der Waals surface area contributed by atoms with Crippen LogP contribution in [-0.4, -0.2) is 24.0 Å². The first-order valence-corrected chi connectivity index (χ1v) is 5.52. The molecule has 1 heterocycles. The van der Waals surface area contributed by atoms with Crippen molar-refractivity contribution in [3.05, 3.63) is 39.4 Å². The third kappa shape index (κ3) is 2.32. The summed E-state index contributed by atoms with van der Waals surface area (Å²) in [5.41, 5.74) is 1.86.